The molecule has 0 saturated heterocycles. The standard InChI is InChI=1S/C8H11N3.2ClH.Zn/c1-11(2)8-5-3-7(10-9)4-6-8;;;/h3,5-6H,4H2,1-2H3;2*1H;/q;;;+2/p-2. The maximum Gasteiger partial charge on any atom is 2.00 e. The summed E-state index contributed by atoms with van der Waals surface area (Å²) in [5.41, 5.74) is 10.3. The van der Waals surface area contributed by atoms with Gasteiger partial charge in [-0.05, 0) is 12.2 Å². The molecule has 0 bridgehead atoms. The van der Waals surface area contributed by atoms with Crippen molar-refractivity contribution in [2.24, 2.45) is 0 Å². The Labute approximate surface area is 109 Å². The number of rotatable bonds is 1. The molecule has 6 heteroatoms. The van der Waals surface area contributed by atoms with Gasteiger partial charge < -0.3 is 35.2 Å². The summed E-state index contributed by atoms with van der Waals surface area (Å²) in [5.74, 6) is 0. The van der Waals surface area contributed by atoms with Crippen LogP contribution < -0.4 is 24.8 Å². The van der Waals surface area contributed by atoms with E-state index in [0.29, 0.717) is 12.1 Å². The first-order chi connectivity index (χ1) is 5.24. The Balaban J connectivity index is -0.000000403. The molecule has 74 valence electrons. The molecule has 0 unspecified atom stereocenters. The van der Waals surface area contributed by atoms with Gasteiger partial charge >= 0.3 is 19.5 Å². The smallest absolute Gasteiger partial charge is 1.00 e. The van der Waals surface area contributed by atoms with Crippen LogP contribution in [0.2, 0.25) is 0 Å². The van der Waals surface area contributed by atoms with Crippen LogP contribution in [0, 0.1) is 0 Å². The van der Waals surface area contributed by atoms with Crippen LogP contribution in [0.5, 0.6) is 0 Å². The van der Waals surface area contributed by atoms with Gasteiger partial charge in [-0.2, -0.15) is 4.79 Å². The quantitative estimate of drug-likeness (QED) is 0.270. The van der Waals surface area contributed by atoms with Crippen molar-refractivity contribution in [3.63, 3.8) is 0 Å². The minimum atomic E-state index is 0. The summed E-state index contributed by atoms with van der Waals surface area (Å²) < 4.78 is 0. The largest absolute Gasteiger partial charge is 2.00 e. The number of halogens is 2. The van der Waals surface area contributed by atoms with Gasteiger partial charge in [-0.15, -0.1) is 0 Å². The topological polar surface area (TPSA) is 39.6 Å². The first kappa shape index (κ1) is 19.4. The van der Waals surface area contributed by atoms with Gasteiger partial charge in [0.05, 0.1) is 6.42 Å². The summed E-state index contributed by atoms with van der Waals surface area (Å²) in [6, 6.07) is 0. The number of likely N-dealkylation sites (N-methyl/N-ethyl adjacent to an activating group) is 1. The summed E-state index contributed by atoms with van der Waals surface area (Å²) in [7, 11) is 3.97. The van der Waals surface area contributed by atoms with E-state index >= 15 is 0 Å². The van der Waals surface area contributed by atoms with Gasteiger partial charge in [-0.3, -0.25) is 0 Å². The van der Waals surface area contributed by atoms with Crippen molar-refractivity contribution in [2.45, 2.75) is 6.42 Å². The fraction of sp³-hybridized carbons (Fsp3) is 0.375. The molecule has 0 N–H and O–H groups in total. The molecule has 1 rings (SSSR count). The Morgan fingerprint density at radius 1 is 1.29 bits per heavy atom. The average Bonchev–Trinajstić information content (AvgIpc) is 2.05. The van der Waals surface area contributed by atoms with Crippen molar-refractivity contribution in [3.05, 3.63) is 29.5 Å². The fourth-order valence-corrected chi connectivity index (χ4v) is 0.933. The van der Waals surface area contributed by atoms with Crippen molar-refractivity contribution in [2.75, 3.05) is 14.1 Å². The summed E-state index contributed by atoms with van der Waals surface area (Å²) in [6.45, 7) is 0. The molecule has 0 aliphatic heterocycles. The van der Waals surface area contributed by atoms with E-state index in [4.69, 9.17) is 5.53 Å². The first-order valence-corrected chi connectivity index (χ1v) is 3.50. The van der Waals surface area contributed by atoms with Gasteiger partial charge in [-0.25, -0.2) is 0 Å². The molecule has 0 radical (unpaired) electrons. The van der Waals surface area contributed by atoms with Gasteiger partial charge in [0.1, 0.15) is 0 Å². The molecule has 0 atom stereocenters. The first-order valence-electron chi connectivity index (χ1n) is 3.50. The SMILES string of the molecule is CN(C)C1=CCC(=[N+]=[N-])C=C1.[Cl-].[Cl-].[Zn+2]. The zero-order valence-electron chi connectivity index (χ0n) is 8.24. The number of hydrogen-bond donors (Lipinski definition) is 0. The zero-order chi connectivity index (χ0) is 8.27. The molecule has 0 spiro atoms. The molecule has 3 nitrogen and oxygen atoms in total. The molecule has 0 aromatic carbocycles. The van der Waals surface area contributed by atoms with Crippen LogP contribution >= 0.6 is 0 Å². The van der Waals surface area contributed by atoms with Gasteiger partial charge in [-0.1, -0.05) is 0 Å². The molecule has 14 heavy (non-hydrogen) atoms. The van der Waals surface area contributed by atoms with Crippen molar-refractivity contribution >= 4 is 5.71 Å². The van der Waals surface area contributed by atoms with Gasteiger partial charge in [0, 0.05) is 25.9 Å². The van der Waals surface area contributed by atoms with Crippen molar-refractivity contribution < 1.29 is 49.1 Å². The Bertz CT molecular complexity index is 268. The fourth-order valence-electron chi connectivity index (χ4n) is 0.933. The van der Waals surface area contributed by atoms with Gasteiger partial charge in [0.25, 0.3) is 5.71 Å². The molecular formula is C8H11Cl2N3Zn. The minimum Gasteiger partial charge on any atom is -1.00 e. The molecule has 0 saturated carbocycles. The van der Waals surface area contributed by atoms with Crippen LogP contribution in [-0.2, 0) is 19.5 Å². The normalized spacial score (nSPS) is 12.4. The second-order valence-corrected chi connectivity index (χ2v) is 2.65. The molecule has 0 aromatic rings. The maximum atomic E-state index is 8.41. The van der Waals surface area contributed by atoms with Crippen LogP contribution in [0.3, 0.4) is 0 Å². The van der Waals surface area contributed by atoms with E-state index in [1.165, 1.54) is 0 Å². The van der Waals surface area contributed by atoms with E-state index in [-0.39, 0.29) is 44.3 Å². The van der Waals surface area contributed by atoms with E-state index in [2.05, 4.69) is 4.79 Å². The van der Waals surface area contributed by atoms with Crippen LogP contribution in [0.1, 0.15) is 6.42 Å². The van der Waals surface area contributed by atoms with Crippen molar-refractivity contribution in [3.8, 4) is 0 Å². The molecule has 0 heterocycles. The summed E-state index contributed by atoms with van der Waals surface area (Å²) >= 11 is 0. The minimum absolute atomic E-state index is 0. The van der Waals surface area contributed by atoms with Crippen molar-refractivity contribution in [1.82, 2.24) is 4.90 Å². The predicted molar refractivity (Wildman–Crippen MR) is 44.2 cm³/mol. The van der Waals surface area contributed by atoms with Crippen LogP contribution in [0.4, 0.5) is 0 Å². The Kier molecular flexibility index (Phi) is 13.1. The Morgan fingerprint density at radius 3 is 2.14 bits per heavy atom. The Morgan fingerprint density at radius 2 is 1.86 bits per heavy atom. The summed E-state index contributed by atoms with van der Waals surface area (Å²) in [6.07, 6.45) is 6.48. The molecule has 1 aliphatic rings. The van der Waals surface area contributed by atoms with E-state index < -0.39 is 0 Å². The summed E-state index contributed by atoms with van der Waals surface area (Å²) in [4.78, 5) is 5.13. The van der Waals surface area contributed by atoms with Gasteiger partial charge in [0.15, 0.2) is 0 Å². The number of hydrogen-bond acceptors (Lipinski definition) is 1. The van der Waals surface area contributed by atoms with Gasteiger partial charge in [0.2, 0.25) is 0 Å². The number of nitrogens with zero attached hydrogens (tertiary/aromatic N) is 3. The molecule has 0 amide bonds. The van der Waals surface area contributed by atoms with Crippen LogP contribution in [0.15, 0.2) is 23.9 Å². The summed E-state index contributed by atoms with van der Waals surface area (Å²) in [5, 5.41) is 0. The third-order valence-corrected chi connectivity index (χ3v) is 1.61. The molecule has 0 aromatic heterocycles. The maximum absolute atomic E-state index is 8.41. The average molecular weight is 285 g/mol. The third-order valence-electron chi connectivity index (χ3n) is 1.61. The van der Waals surface area contributed by atoms with E-state index in [1.807, 2.05) is 37.2 Å². The molecule has 1 aliphatic carbocycles. The zero-order valence-corrected chi connectivity index (χ0v) is 12.7. The van der Waals surface area contributed by atoms with Crippen LogP contribution in [0.25, 0.3) is 5.53 Å². The van der Waals surface area contributed by atoms with E-state index in [9.17, 15) is 0 Å². The molecule has 0 fully saturated rings. The van der Waals surface area contributed by atoms with E-state index in [1.54, 1.807) is 0 Å². The Hall–Kier alpha value is -0.137. The second kappa shape index (κ2) is 9.42. The van der Waals surface area contributed by atoms with Crippen LogP contribution in [-0.4, -0.2) is 29.5 Å². The van der Waals surface area contributed by atoms with Crippen molar-refractivity contribution in [1.29, 1.82) is 0 Å². The predicted octanol–water partition coefficient (Wildman–Crippen LogP) is -4.93. The number of allylic oxidation sites excluding steroid dienone is 3. The monoisotopic (exact) mass is 283 g/mol. The second-order valence-electron chi connectivity index (χ2n) is 2.65. The molecular weight excluding hydrogens is 274 g/mol. The van der Waals surface area contributed by atoms with E-state index in [0.717, 1.165) is 5.70 Å². The third kappa shape index (κ3) is 5.56.